The Morgan fingerprint density at radius 1 is 1.17 bits per heavy atom. The molecule has 1 aromatic carbocycles. The number of thiophene rings is 1. The summed E-state index contributed by atoms with van der Waals surface area (Å²) in [4.78, 5) is 49.5. The first-order chi connectivity index (χ1) is 20.1. The second kappa shape index (κ2) is 11.9. The summed E-state index contributed by atoms with van der Waals surface area (Å²) >= 11 is 1.25. The number of oxazole rings is 1. The van der Waals surface area contributed by atoms with Gasteiger partial charge >= 0.3 is 5.69 Å². The Hall–Kier alpha value is -3.74. The molecule has 1 amide bonds. The van der Waals surface area contributed by atoms with Crippen LogP contribution >= 0.6 is 11.3 Å². The normalized spacial score (nSPS) is 15.0. The first-order valence-corrected chi connectivity index (χ1v) is 14.7. The van der Waals surface area contributed by atoms with E-state index in [9.17, 15) is 14.4 Å². The van der Waals surface area contributed by atoms with Gasteiger partial charge in [-0.1, -0.05) is 18.2 Å². The number of nitrogens with zero attached hydrogens (tertiary/aromatic N) is 4. The third-order valence-electron chi connectivity index (χ3n) is 7.49. The number of hydrogen-bond acceptors (Lipinski definition) is 9. The van der Waals surface area contributed by atoms with E-state index in [4.69, 9.17) is 18.6 Å². The zero-order chi connectivity index (χ0) is 30.2. The zero-order valence-corrected chi connectivity index (χ0v) is 25.5. The number of carbonyl (C=O) groups excluding carboxylic acids is 1. The molecule has 224 valence electrons. The number of aromatic nitrogens is 3. The van der Waals surface area contributed by atoms with Crippen molar-refractivity contribution in [1.82, 2.24) is 19.0 Å². The predicted molar refractivity (Wildman–Crippen MR) is 159 cm³/mol. The largest absolute Gasteiger partial charge is 0.496 e. The van der Waals surface area contributed by atoms with E-state index < -0.39 is 22.9 Å². The number of rotatable bonds is 9. The number of amides is 1. The number of ether oxygens (including phenoxy) is 3. The Morgan fingerprint density at radius 3 is 2.52 bits per heavy atom. The SMILES string of the molecule is COc1ccccc1[C@@H](Cn1c(=O)n(C(C)(C)C(=O)N2CCOCC2)c(=O)c2c(C)c(-c3ncco3)sc21)OC(C)C. The van der Waals surface area contributed by atoms with Gasteiger partial charge in [0.25, 0.3) is 5.56 Å². The maximum Gasteiger partial charge on any atom is 0.333 e. The lowest BCUT2D eigenvalue weighted by Gasteiger charge is -2.35. The van der Waals surface area contributed by atoms with E-state index in [0.29, 0.717) is 58.6 Å². The van der Waals surface area contributed by atoms with Gasteiger partial charge in [-0.2, -0.15) is 0 Å². The smallest absolute Gasteiger partial charge is 0.333 e. The van der Waals surface area contributed by atoms with E-state index in [0.717, 1.165) is 10.1 Å². The van der Waals surface area contributed by atoms with Gasteiger partial charge < -0.3 is 23.5 Å². The molecule has 0 aliphatic carbocycles. The first kappa shape index (κ1) is 29.7. The Balaban J connectivity index is 1.76. The molecule has 0 spiro atoms. The molecule has 0 radical (unpaired) electrons. The molecule has 5 rings (SSSR count). The number of hydrogen-bond donors (Lipinski definition) is 0. The van der Waals surface area contributed by atoms with Crippen molar-refractivity contribution in [2.75, 3.05) is 33.4 Å². The Labute approximate surface area is 247 Å². The number of fused-ring (bicyclic) bond motifs is 1. The minimum absolute atomic E-state index is 0.0704. The van der Waals surface area contributed by atoms with Crippen LogP contribution in [0.3, 0.4) is 0 Å². The van der Waals surface area contributed by atoms with Crippen LogP contribution in [0, 0.1) is 6.92 Å². The average molecular weight is 597 g/mol. The fraction of sp³-hybridized carbons (Fsp3) is 0.467. The van der Waals surface area contributed by atoms with E-state index >= 15 is 0 Å². The molecule has 3 aromatic heterocycles. The number of morpholine rings is 1. The van der Waals surface area contributed by atoms with Gasteiger partial charge in [-0.25, -0.2) is 14.3 Å². The molecular formula is C30H36N4O7S. The third kappa shape index (κ3) is 5.30. The highest BCUT2D eigenvalue weighted by Gasteiger charge is 2.39. The molecule has 1 atom stereocenters. The van der Waals surface area contributed by atoms with E-state index in [-0.39, 0.29) is 18.6 Å². The summed E-state index contributed by atoms with van der Waals surface area (Å²) in [6.45, 7) is 10.5. The van der Waals surface area contributed by atoms with E-state index in [1.54, 1.807) is 32.8 Å². The number of benzene rings is 1. The van der Waals surface area contributed by atoms with Crippen LogP contribution in [0.1, 0.15) is 44.9 Å². The highest BCUT2D eigenvalue weighted by Crippen LogP contribution is 2.37. The number of methoxy groups -OCH3 is 1. The zero-order valence-electron chi connectivity index (χ0n) is 24.7. The van der Waals surface area contributed by atoms with Gasteiger partial charge in [0.2, 0.25) is 11.8 Å². The Kier molecular flexibility index (Phi) is 8.40. The van der Waals surface area contributed by atoms with Crippen molar-refractivity contribution in [1.29, 1.82) is 0 Å². The van der Waals surface area contributed by atoms with Gasteiger partial charge in [0.05, 0.1) is 49.4 Å². The standard InChI is InChI=1S/C30H36N4O7S/c1-18(2)41-22(20-9-7-8-10-21(20)38-6)17-33-27-23(19(3)24(42-27)25-31-11-14-40-25)26(35)34(29(33)37)30(4,5)28(36)32-12-15-39-16-13-32/h7-11,14,18,22H,12-13,15-17H2,1-6H3/t22-/m1/s1. The maximum absolute atomic E-state index is 14.5. The number of para-hydroxylation sites is 1. The summed E-state index contributed by atoms with van der Waals surface area (Å²) in [5.74, 6) is 0.643. The van der Waals surface area contributed by atoms with Crippen LogP contribution in [0.25, 0.3) is 21.0 Å². The molecule has 4 heterocycles. The van der Waals surface area contributed by atoms with Gasteiger partial charge in [-0.05, 0) is 46.2 Å². The quantitative estimate of drug-likeness (QED) is 0.285. The van der Waals surface area contributed by atoms with Crippen LogP contribution in [0.15, 0.2) is 50.7 Å². The highest BCUT2D eigenvalue weighted by molar-refractivity contribution is 7.22. The van der Waals surface area contributed by atoms with Crippen LogP contribution in [-0.2, 0) is 26.4 Å². The summed E-state index contributed by atoms with van der Waals surface area (Å²) in [6.07, 6.45) is 2.22. The van der Waals surface area contributed by atoms with E-state index in [1.165, 1.54) is 28.4 Å². The monoisotopic (exact) mass is 596 g/mol. The van der Waals surface area contributed by atoms with Crippen molar-refractivity contribution >= 4 is 27.5 Å². The van der Waals surface area contributed by atoms with Crippen molar-refractivity contribution in [2.24, 2.45) is 0 Å². The van der Waals surface area contributed by atoms with Crippen LogP contribution in [0.2, 0.25) is 0 Å². The van der Waals surface area contributed by atoms with Gasteiger partial charge in [0.1, 0.15) is 28.5 Å². The molecule has 42 heavy (non-hydrogen) atoms. The second-order valence-electron chi connectivity index (χ2n) is 11.0. The molecule has 11 nitrogen and oxygen atoms in total. The summed E-state index contributed by atoms with van der Waals surface area (Å²) < 4.78 is 25.6. The van der Waals surface area contributed by atoms with E-state index in [2.05, 4.69) is 4.98 Å². The number of aryl methyl sites for hydroxylation is 1. The van der Waals surface area contributed by atoms with Gasteiger partial charge in [0.15, 0.2) is 0 Å². The van der Waals surface area contributed by atoms with Gasteiger partial charge in [-0.3, -0.25) is 14.2 Å². The summed E-state index contributed by atoms with van der Waals surface area (Å²) in [6, 6.07) is 7.48. The Bertz CT molecular complexity index is 1690. The molecule has 1 saturated heterocycles. The first-order valence-electron chi connectivity index (χ1n) is 13.9. The molecule has 0 saturated carbocycles. The van der Waals surface area contributed by atoms with Crippen molar-refractivity contribution in [3.63, 3.8) is 0 Å². The molecule has 1 aliphatic heterocycles. The third-order valence-corrected chi connectivity index (χ3v) is 8.79. The van der Waals surface area contributed by atoms with Crippen LogP contribution in [-0.4, -0.2) is 64.4 Å². The second-order valence-corrected chi connectivity index (χ2v) is 12.0. The minimum atomic E-state index is -1.47. The molecule has 4 aromatic rings. The fourth-order valence-corrected chi connectivity index (χ4v) is 6.67. The number of carbonyl (C=O) groups is 1. The molecule has 1 aliphatic rings. The maximum atomic E-state index is 14.5. The van der Waals surface area contributed by atoms with Crippen LogP contribution < -0.4 is 16.0 Å². The molecule has 12 heteroatoms. The van der Waals surface area contributed by atoms with Crippen LogP contribution in [0.5, 0.6) is 5.75 Å². The van der Waals surface area contributed by atoms with E-state index in [1.807, 2.05) is 38.1 Å². The lowest BCUT2D eigenvalue weighted by atomic mass is 10.0. The summed E-state index contributed by atoms with van der Waals surface area (Å²) in [5, 5.41) is 0.332. The Morgan fingerprint density at radius 2 is 1.88 bits per heavy atom. The molecule has 0 unspecified atom stereocenters. The highest BCUT2D eigenvalue weighted by atomic mass is 32.1. The average Bonchev–Trinajstić information content (AvgIpc) is 3.62. The summed E-state index contributed by atoms with van der Waals surface area (Å²) in [5.41, 5.74) is -1.23. The van der Waals surface area contributed by atoms with Gasteiger partial charge in [0, 0.05) is 18.7 Å². The summed E-state index contributed by atoms with van der Waals surface area (Å²) in [7, 11) is 1.58. The molecule has 1 fully saturated rings. The van der Waals surface area contributed by atoms with Crippen LogP contribution in [0.4, 0.5) is 0 Å². The van der Waals surface area contributed by atoms with Crippen molar-refractivity contribution in [3.05, 3.63) is 68.7 Å². The lowest BCUT2D eigenvalue weighted by molar-refractivity contribution is -0.143. The molecule has 0 bridgehead atoms. The topological polar surface area (TPSA) is 118 Å². The van der Waals surface area contributed by atoms with Gasteiger partial charge in [-0.15, -0.1) is 11.3 Å². The lowest BCUT2D eigenvalue weighted by Crippen LogP contribution is -2.58. The predicted octanol–water partition coefficient (Wildman–Crippen LogP) is 3.96. The fourth-order valence-electron chi connectivity index (χ4n) is 5.43. The van der Waals surface area contributed by atoms with Crippen molar-refractivity contribution < 1.29 is 23.4 Å². The molecular weight excluding hydrogens is 560 g/mol. The van der Waals surface area contributed by atoms with Crippen molar-refractivity contribution in [3.8, 4) is 16.5 Å². The molecule has 0 N–H and O–H groups in total. The van der Waals surface area contributed by atoms with Crippen molar-refractivity contribution in [2.45, 2.75) is 58.9 Å². The minimum Gasteiger partial charge on any atom is -0.496 e.